The van der Waals surface area contributed by atoms with Crippen LogP contribution in [0.3, 0.4) is 0 Å². The first-order chi connectivity index (χ1) is 12.1. The van der Waals surface area contributed by atoms with Crippen LogP contribution in [-0.4, -0.2) is 30.1 Å². The molecule has 2 aromatic carbocycles. The van der Waals surface area contributed by atoms with E-state index < -0.39 is 12.6 Å². The van der Waals surface area contributed by atoms with Crippen molar-refractivity contribution in [2.75, 3.05) is 13.2 Å². The van der Waals surface area contributed by atoms with Crippen LogP contribution in [0.1, 0.15) is 22.8 Å². The Bertz CT molecular complexity index is 857. The number of ether oxygens (including phenoxy) is 2. The number of rotatable bonds is 6. The van der Waals surface area contributed by atoms with Gasteiger partial charge in [0.2, 0.25) is 5.78 Å². The number of hydrogen-bond donors (Lipinski definition) is 1. The lowest BCUT2D eigenvalue weighted by molar-refractivity contribution is -0.139. The second-order valence-corrected chi connectivity index (χ2v) is 6.34. The van der Waals surface area contributed by atoms with Crippen LogP contribution in [0.4, 0.5) is 0 Å². The lowest BCUT2D eigenvalue weighted by Crippen LogP contribution is -2.10. The van der Waals surface area contributed by atoms with Crippen molar-refractivity contribution < 1.29 is 24.2 Å². The van der Waals surface area contributed by atoms with Crippen molar-refractivity contribution >= 4 is 29.6 Å². The number of fused-ring (bicyclic) bond motifs is 1. The largest absolute Gasteiger partial charge is 0.490 e. The highest BCUT2D eigenvalue weighted by Gasteiger charge is 2.25. The third-order valence-electron chi connectivity index (χ3n) is 3.49. The van der Waals surface area contributed by atoms with E-state index in [2.05, 4.69) is 0 Å². The van der Waals surface area contributed by atoms with E-state index in [1.165, 1.54) is 11.8 Å². The van der Waals surface area contributed by atoms with E-state index in [0.29, 0.717) is 28.6 Å². The number of allylic oxidation sites excluding steroid dienone is 1. The minimum atomic E-state index is -1.06. The van der Waals surface area contributed by atoms with Gasteiger partial charge in [-0.15, -0.1) is 0 Å². The van der Waals surface area contributed by atoms with Gasteiger partial charge < -0.3 is 14.6 Å². The molecule has 1 aliphatic heterocycles. The number of hydrogen-bond acceptors (Lipinski definition) is 5. The molecule has 0 aliphatic carbocycles. The summed E-state index contributed by atoms with van der Waals surface area (Å²) in [5.74, 6) is -0.240. The van der Waals surface area contributed by atoms with Crippen molar-refractivity contribution in [3.63, 3.8) is 0 Å². The van der Waals surface area contributed by atoms with E-state index in [4.69, 9.17) is 14.6 Å². The first-order valence-electron chi connectivity index (χ1n) is 7.73. The van der Waals surface area contributed by atoms with Gasteiger partial charge in [-0.3, -0.25) is 4.79 Å². The van der Waals surface area contributed by atoms with E-state index in [-0.39, 0.29) is 5.78 Å². The molecule has 0 unspecified atom stereocenters. The molecule has 1 aliphatic rings. The lowest BCUT2D eigenvalue weighted by Gasteiger charge is -2.11. The number of Topliss-reactive ketones (excluding diaryl/α,β-unsaturated/α-hetero) is 1. The summed E-state index contributed by atoms with van der Waals surface area (Å²) in [5, 5.41) is 8.74. The Labute approximate surface area is 149 Å². The first kappa shape index (κ1) is 17.1. The molecule has 0 radical (unpaired) electrons. The molecule has 3 rings (SSSR count). The quantitative estimate of drug-likeness (QED) is 0.792. The molecule has 25 heavy (non-hydrogen) atoms. The highest BCUT2D eigenvalue weighted by molar-refractivity contribution is 8.04. The van der Waals surface area contributed by atoms with Crippen molar-refractivity contribution in [1.29, 1.82) is 0 Å². The molecule has 0 aromatic heterocycles. The van der Waals surface area contributed by atoms with Crippen molar-refractivity contribution in [1.82, 2.24) is 0 Å². The Hall–Kier alpha value is -2.73. The average molecular weight is 356 g/mol. The molecule has 6 heteroatoms. The monoisotopic (exact) mass is 356 g/mol. The van der Waals surface area contributed by atoms with Crippen LogP contribution in [0, 0.1) is 0 Å². The normalized spacial score (nSPS) is 14.4. The molecule has 1 N–H and O–H groups in total. The third kappa shape index (κ3) is 3.85. The number of carbonyl (C=O) groups excluding carboxylic acids is 1. The lowest BCUT2D eigenvalue weighted by atomic mass is 10.1. The molecule has 0 amide bonds. The van der Waals surface area contributed by atoms with Gasteiger partial charge in [0, 0.05) is 10.5 Å². The third-order valence-corrected chi connectivity index (χ3v) is 4.59. The number of aliphatic carboxylic acids is 1. The summed E-state index contributed by atoms with van der Waals surface area (Å²) in [6.45, 7) is 1.81. The molecule has 0 saturated carbocycles. The van der Waals surface area contributed by atoms with Crippen molar-refractivity contribution in [3.8, 4) is 11.5 Å². The van der Waals surface area contributed by atoms with Crippen LogP contribution in [0.2, 0.25) is 0 Å². The van der Waals surface area contributed by atoms with Crippen molar-refractivity contribution in [2.45, 2.75) is 11.8 Å². The van der Waals surface area contributed by atoms with Crippen LogP contribution in [-0.2, 0) is 4.79 Å². The van der Waals surface area contributed by atoms with Gasteiger partial charge in [-0.2, -0.15) is 0 Å². The van der Waals surface area contributed by atoms with Gasteiger partial charge in [-0.25, -0.2) is 4.79 Å². The Morgan fingerprint density at radius 2 is 1.96 bits per heavy atom. The average Bonchev–Trinajstić information content (AvgIpc) is 2.91. The predicted molar refractivity (Wildman–Crippen MR) is 95.3 cm³/mol. The van der Waals surface area contributed by atoms with Gasteiger partial charge >= 0.3 is 5.97 Å². The van der Waals surface area contributed by atoms with E-state index in [9.17, 15) is 9.59 Å². The first-order valence-corrected chi connectivity index (χ1v) is 8.55. The van der Waals surface area contributed by atoms with Crippen LogP contribution in [0.15, 0.2) is 52.3 Å². The SMILES string of the molecule is CCOc1cc(/C=C2/Sc3ccccc3C2=O)ccc1OCC(=O)O. The van der Waals surface area contributed by atoms with Crippen LogP contribution >= 0.6 is 11.8 Å². The van der Waals surface area contributed by atoms with Crippen molar-refractivity contribution in [2.24, 2.45) is 0 Å². The fourth-order valence-corrected chi connectivity index (χ4v) is 3.48. The molecule has 2 aromatic rings. The Balaban J connectivity index is 1.87. The topological polar surface area (TPSA) is 72.8 Å². The molecule has 0 bridgehead atoms. The molecule has 128 valence electrons. The number of benzene rings is 2. The molecule has 0 saturated heterocycles. The summed E-state index contributed by atoms with van der Waals surface area (Å²) >= 11 is 1.44. The second-order valence-electron chi connectivity index (χ2n) is 5.26. The summed E-state index contributed by atoms with van der Waals surface area (Å²) in [5.41, 5.74) is 1.50. The molecule has 5 nitrogen and oxygen atoms in total. The predicted octanol–water partition coefficient (Wildman–Crippen LogP) is 3.88. The summed E-state index contributed by atoms with van der Waals surface area (Å²) in [4.78, 5) is 24.7. The number of thioether (sulfide) groups is 1. The standard InChI is InChI=1S/C19H16O5S/c1-2-23-15-9-12(7-8-14(15)24-11-18(20)21)10-17-19(22)13-5-3-4-6-16(13)25-17/h3-10H,2,11H2,1H3,(H,20,21)/b17-10+. The van der Waals surface area contributed by atoms with Gasteiger partial charge in [-0.1, -0.05) is 30.0 Å². The van der Waals surface area contributed by atoms with Crippen LogP contribution in [0.5, 0.6) is 11.5 Å². The maximum atomic E-state index is 12.4. The van der Waals surface area contributed by atoms with Crippen LogP contribution < -0.4 is 9.47 Å². The summed E-state index contributed by atoms with van der Waals surface area (Å²) in [6.07, 6.45) is 1.80. The summed E-state index contributed by atoms with van der Waals surface area (Å²) < 4.78 is 10.8. The van der Waals surface area contributed by atoms with E-state index in [1.807, 2.05) is 31.2 Å². The molecular weight excluding hydrogens is 340 g/mol. The molecule has 0 spiro atoms. The summed E-state index contributed by atoms with van der Waals surface area (Å²) in [6, 6.07) is 12.7. The number of ketones is 1. The smallest absolute Gasteiger partial charge is 0.341 e. The zero-order valence-electron chi connectivity index (χ0n) is 13.5. The molecular formula is C19H16O5S. The summed E-state index contributed by atoms with van der Waals surface area (Å²) in [7, 11) is 0. The minimum absolute atomic E-state index is 0.00441. The highest BCUT2D eigenvalue weighted by atomic mass is 32.2. The number of carboxylic acid groups (broad SMARTS) is 1. The maximum Gasteiger partial charge on any atom is 0.341 e. The molecule has 1 heterocycles. The van der Waals surface area contributed by atoms with E-state index in [1.54, 1.807) is 24.3 Å². The minimum Gasteiger partial charge on any atom is -0.490 e. The number of carboxylic acids is 1. The van der Waals surface area contributed by atoms with Gasteiger partial charge in [0.1, 0.15) is 0 Å². The van der Waals surface area contributed by atoms with Gasteiger partial charge in [0.05, 0.1) is 11.5 Å². The zero-order chi connectivity index (χ0) is 17.8. The fraction of sp³-hybridized carbons (Fsp3) is 0.158. The Morgan fingerprint density at radius 1 is 1.16 bits per heavy atom. The molecule has 0 atom stereocenters. The van der Waals surface area contributed by atoms with Crippen LogP contribution in [0.25, 0.3) is 6.08 Å². The second kappa shape index (κ2) is 7.44. The van der Waals surface area contributed by atoms with E-state index >= 15 is 0 Å². The van der Waals surface area contributed by atoms with Gasteiger partial charge in [0.15, 0.2) is 18.1 Å². The highest BCUT2D eigenvalue weighted by Crippen LogP contribution is 2.41. The Kier molecular flexibility index (Phi) is 5.09. The van der Waals surface area contributed by atoms with E-state index in [0.717, 1.165) is 10.5 Å². The molecule has 0 fully saturated rings. The fourth-order valence-electron chi connectivity index (χ4n) is 2.43. The van der Waals surface area contributed by atoms with Crippen molar-refractivity contribution in [3.05, 3.63) is 58.5 Å². The van der Waals surface area contributed by atoms with Gasteiger partial charge in [0.25, 0.3) is 0 Å². The number of carbonyl (C=O) groups is 2. The maximum absolute atomic E-state index is 12.4. The zero-order valence-corrected chi connectivity index (χ0v) is 14.3. The van der Waals surface area contributed by atoms with Gasteiger partial charge in [-0.05, 0) is 42.8 Å². The Morgan fingerprint density at radius 3 is 2.68 bits per heavy atom.